The van der Waals surface area contributed by atoms with E-state index in [0.717, 1.165) is 24.0 Å². The van der Waals surface area contributed by atoms with E-state index in [9.17, 15) is 10.2 Å². The summed E-state index contributed by atoms with van der Waals surface area (Å²) < 4.78 is 16.8. The Morgan fingerprint density at radius 2 is 1.97 bits per heavy atom. The van der Waals surface area contributed by atoms with Crippen molar-refractivity contribution in [3.8, 4) is 28.4 Å². The van der Waals surface area contributed by atoms with Gasteiger partial charge < -0.3 is 29.5 Å². The van der Waals surface area contributed by atoms with Crippen molar-refractivity contribution in [3.05, 3.63) is 41.3 Å². The molecule has 2 atom stereocenters. The van der Waals surface area contributed by atoms with Crippen LogP contribution in [0.3, 0.4) is 0 Å². The molecule has 35 heavy (non-hydrogen) atoms. The molecule has 2 unspecified atom stereocenters. The van der Waals surface area contributed by atoms with E-state index in [1.807, 2.05) is 31.2 Å². The number of rotatable bonds is 9. The third-order valence-corrected chi connectivity index (χ3v) is 6.11. The highest BCUT2D eigenvalue weighted by Gasteiger charge is 2.24. The topological polar surface area (TPSA) is 135 Å². The number of nitrogens with one attached hydrogen (secondary N) is 2. The van der Waals surface area contributed by atoms with Gasteiger partial charge in [0.05, 0.1) is 17.9 Å². The van der Waals surface area contributed by atoms with E-state index in [-0.39, 0.29) is 12.6 Å². The number of aliphatic hydroxyl groups excluding tert-OH is 2. The molecule has 0 saturated carbocycles. The molecule has 10 nitrogen and oxygen atoms in total. The summed E-state index contributed by atoms with van der Waals surface area (Å²) in [6.07, 6.45) is 0.513. The molecule has 0 amide bonds. The Hall–Kier alpha value is -3.05. The van der Waals surface area contributed by atoms with Gasteiger partial charge in [-0.3, -0.25) is 5.32 Å². The Balaban J connectivity index is 1.79. The summed E-state index contributed by atoms with van der Waals surface area (Å²) in [4.78, 5) is 9.75. The van der Waals surface area contributed by atoms with Gasteiger partial charge in [-0.05, 0) is 52.8 Å². The van der Waals surface area contributed by atoms with Gasteiger partial charge in [0.2, 0.25) is 0 Å². The molecule has 188 valence electrons. The fourth-order valence-electron chi connectivity index (χ4n) is 4.15. The first-order chi connectivity index (χ1) is 16.9. The number of aryl methyl sites for hydroxylation is 1. The van der Waals surface area contributed by atoms with Crippen LogP contribution in [0.25, 0.3) is 22.6 Å². The summed E-state index contributed by atoms with van der Waals surface area (Å²) >= 11 is 0. The molecule has 1 aliphatic heterocycles. The van der Waals surface area contributed by atoms with Crippen molar-refractivity contribution in [1.29, 1.82) is 0 Å². The Kier molecular flexibility index (Phi) is 7.97. The van der Waals surface area contributed by atoms with E-state index in [1.165, 1.54) is 0 Å². The number of benzene rings is 1. The molecule has 0 aliphatic carbocycles. The Morgan fingerprint density at radius 1 is 1.20 bits per heavy atom. The SMILES string of the molecule is CNC(Oc1cccc(-c2nc(NC3CCOCC3)c(C)c(-c3c(CO)noc3C)n2)c1)C(C)O. The first kappa shape index (κ1) is 25.1. The predicted octanol–water partition coefficient (Wildman–Crippen LogP) is 2.80. The Labute approximate surface area is 204 Å². The lowest BCUT2D eigenvalue weighted by Crippen LogP contribution is -2.40. The van der Waals surface area contributed by atoms with Gasteiger partial charge in [-0.15, -0.1) is 0 Å². The van der Waals surface area contributed by atoms with E-state index < -0.39 is 12.3 Å². The minimum Gasteiger partial charge on any atom is -0.473 e. The molecule has 1 fully saturated rings. The lowest BCUT2D eigenvalue weighted by Gasteiger charge is -2.25. The quantitative estimate of drug-likeness (QED) is 0.337. The average Bonchev–Trinajstić information content (AvgIpc) is 3.24. The van der Waals surface area contributed by atoms with Crippen LogP contribution in [0.4, 0.5) is 5.82 Å². The van der Waals surface area contributed by atoms with Crippen LogP contribution in [-0.2, 0) is 11.3 Å². The Morgan fingerprint density at radius 3 is 2.66 bits per heavy atom. The van der Waals surface area contributed by atoms with E-state index in [2.05, 4.69) is 15.8 Å². The minimum atomic E-state index is -0.699. The van der Waals surface area contributed by atoms with Gasteiger partial charge in [-0.2, -0.15) is 0 Å². The number of ether oxygens (including phenoxy) is 2. The van der Waals surface area contributed by atoms with Crippen LogP contribution in [0, 0.1) is 13.8 Å². The normalized spacial score (nSPS) is 16.2. The molecule has 1 saturated heterocycles. The molecule has 2 aromatic heterocycles. The van der Waals surface area contributed by atoms with Gasteiger partial charge in [0, 0.05) is 30.4 Å². The zero-order valence-corrected chi connectivity index (χ0v) is 20.5. The summed E-state index contributed by atoms with van der Waals surface area (Å²) in [5.74, 6) is 2.35. The smallest absolute Gasteiger partial charge is 0.175 e. The van der Waals surface area contributed by atoms with Crippen molar-refractivity contribution in [1.82, 2.24) is 20.4 Å². The van der Waals surface area contributed by atoms with Crippen LogP contribution in [0.1, 0.15) is 36.8 Å². The van der Waals surface area contributed by atoms with E-state index in [0.29, 0.717) is 53.3 Å². The molecule has 0 radical (unpaired) electrons. The number of aliphatic hydroxyl groups is 2. The van der Waals surface area contributed by atoms with Crippen LogP contribution < -0.4 is 15.4 Å². The maximum atomic E-state index is 9.94. The average molecular weight is 484 g/mol. The number of hydrogen-bond acceptors (Lipinski definition) is 10. The molecule has 4 rings (SSSR count). The molecule has 3 heterocycles. The second kappa shape index (κ2) is 11.1. The summed E-state index contributed by atoms with van der Waals surface area (Å²) in [5, 5.41) is 30.3. The first-order valence-electron chi connectivity index (χ1n) is 11.8. The zero-order chi connectivity index (χ0) is 24.9. The predicted molar refractivity (Wildman–Crippen MR) is 131 cm³/mol. The first-order valence-corrected chi connectivity index (χ1v) is 11.8. The third-order valence-electron chi connectivity index (χ3n) is 6.11. The maximum absolute atomic E-state index is 9.94. The number of hydrogen-bond donors (Lipinski definition) is 4. The van der Waals surface area contributed by atoms with Crippen LogP contribution in [0.5, 0.6) is 5.75 Å². The fraction of sp³-hybridized carbons (Fsp3) is 0.480. The molecule has 10 heteroatoms. The second-order valence-electron chi connectivity index (χ2n) is 8.71. The summed E-state index contributed by atoms with van der Waals surface area (Å²) in [6, 6.07) is 7.66. The largest absolute Gasteiger partial charge is 0.473 e. The number of nitrogens with zero attached hydrogens (tertiary/aromatic N) is 3. The Bertz CT molecular complexity index is 1140. The van der Waals surface area contributed by atoms with Crippen molar-refractivity contribution in [3.63, 3.8) is 0 Å². The van der Waals surface area contributed by atoms with Crippen molar-refractivity contribution in [2.75, 3.05) is 25.6 Å². The molecule has 3 aromatic rings. The van der Waals surface area contributed by atoms with Gasteiger partial charge >= 0.3 is 0 Å². The summed E-state index contributed by atoms with van der Waals surface area (Å²) in [7, 11) is 1.73. The van der Waals surface area contributed by atoms with Crippen LogP contribution in [0.15, 0.2) is 28.8 Å². The molecule has 0 bridgehead atoms. The van der Waals surface area contributed by atoms with Gasteiger partial charge in [0.15, 0.2) is 12.1 Å². The van der Waals surface area contributed by atoms with Gasteiger partial charge in [-0.1, -0.05) is 17.3 Å². The molecular weight excluding hydrogens is 450 g/mol. The van der Waals surface area contributed by atoms with Gasteiger partial charge in [0.25, 0.3) is 0 Å². The standard InChI is InChI=1S/C25H33N5O5/c1-14-22(21-16(3)35-30-20(21)13-31)28-24(29-23(14)27-18-8-10-33-11-9-18)17-6-5-7-19(12-17)34-25(26-4)15(2)32/h5-7,12,15,18,25-26,31-32H,8-11,13H2,1-4H3,(H,27,28,29). The lowest BCUT2D eigenvalue weighted by molar-refractivity contribution is 0.0321. The summed E-state index contributed by atoms with van der Waals surface area (Å²) in [6.45, 7) is 6.56. The van der Waals surface area contributed by atoms with Crippen LogP contribution in [0.2, 0.25) is 0 Å². The van der Waals surface area contributed by atoms with Gasteiger partial charge in [0.1, 0.15) is 29.1 Å². The van der Waals surface area contributed by atoms with E-state index in [1.54, 1.807) is 20.9 Å². The number of likely N-dealkylation sites (N-methyl/N-ethyl adjacent to an activating group) is 1. The molecule has 1 aromatic carbocycles. The van der Waals surface area contributed by atoms with Gasteiger partial charge in [-0.25, -0.2) is 9.97 Å². The molecule has 0 spiro atoms. The van der Waals surface area contributed by atoms with Crippen molar-refractivity contribution in [2.45, 2.75) is 58.6 Å². The highest BCUT2D eigenvalue weighted by molar-refractivity contribution is 5.74. The lowest BCUT2D eigenvalue weighted by atomic mass is 10.0. The van der Waals surface area contributed by atoms with Crippen molar-refractivity contribution < 1.29 is 24.2 Å². The summed E-state index contributed by atoms with van der Waals surface area (Å²) in [5.41, 5.74) is 3.34. The molecule has 4 N–H and O–H groups in total. The van der Waals surface area contributed by atoms with E-state index >= 15 is 0 Å². The highest BCUT2D eigenvalue weighted by atomic mass is 16.5. The molecule has 1 aliphatic rings. The van der Waals surface area contributed by atoms with Crippen LogP contribution in [-0.4, -0.2) is 64.0 Å². The zero-order valence-electron chi connectivity index (χ0n) is 20.5. The van der Waals surface area contributed by atoms with Crippen molar-refractivity contribution in [2.24, 2.45) is 0 Å². The number of aromatic nitrogens is 3. The van der Waals surface area contributed by atoms with E-state index in [4.69, 9.17) is 24.0 Å². The second-order valence-corrected chi connectivity index (χ2v) is 8.71. The van der Waals surface area contributed by atoms with Crippen LogP contribution >= 0.6 is 0 Å². The fourth-order valence-corrected chi connectivity index (χ4v) is 4.15. The highest BCUT2D eigenvalue weighted by Crippen LogP contribution is 2.34. The maximum Gasteiger partial charge on any atom is 0.175 e. The van der Waals surface area contributed by atoms with Crippen molar-refractivity contribution >= 4 is 5.82 Å². The number of anilines is 1. The minimum absolute atomic E-state index is 0.232. The molecular formula is C25H33N5O5. The third kappa shape index (κ3) is 5.62. The monoisotopic (exact) mass is 483 g/mol.